The summed E-state index contributed by atoms with van der Waals surface area (Å²) < 4.78 is 0. The number of urea groups is 1. The molecule has 0 saturated heterocycles. The van der Waals surface area contributed by atoms with Crippen LogP contribution in [0.1, 0.15) is 0 Å². The zero-order chi connectivity index (χ0) is 13.0. The van der Waals surface area contributed by atoms with Crippen LogP contribution in [0.2, 0.25) is 0 Å². The topological polar surface area (TPSA) is 84.3 Å². The van der Waals surface area contributed by atoms with Crippen molar-refractivity contribution < 1.29 is 9.72 Å². The molecule has 2 aromatic rings. The molecule has 2 rings (SSSR count). The van der Waals surface area contributed by atoms with Crippen LogP contribution in [0.25, 0.3) is 0 Å². The maximum Gasteiger partial charge on any atom is 0.324 e. The Bertz CT molecular complexity index is 569. The summed E-state index contributed by atoms with van der Waals surface area (Å²) in [4.78, 5) is 21.8. The summed E-state index contributed by atoms with van der Waals surface area (Å²) in [6, 6.07) is 9.00. The highest BCUT2D eigenvalue weighted by molar-refractivity contribution is 7.14. The molecule has 0 atom stereocenters. The summed E-state index contributed by atoms with van der Waals surface area (Å²) in [5.41, 5.74) is 0.0235. The van der Waals surface area contributed by atoms with Crippen molar-refractivity contribution >= 4 is 33.7 Å². The van der Waals surface area contributed by atoms with E-state index >= 15 is 0 Å². The van der Waals surface area contributed by atoms with Crippen molar-refractivity contribution in [3.05, 3.63) is 51.9 Å². The first-order chi connectivity index (χ1) is 8.66. The molecule has 2 N–H and O–H groups in total. The number of benzene rings is 1. The Morgan fingerprint density at radius 2 is 1.94 bits per heavy atom. The van der Waals surface area contributed by atoms with Crippen LogP contribution < -0.4 is 10.6 Å². The van der Waals surface area contributed by atoms with E-state index in [0.717, 1.165) is 0 Å². The molecule has 0 aliphatic carbocycles. The molecule has 0 saturated carbocycles. The fourth-order valence-electron chi connectivity index (χ4n) is 1.35. The van der Waals surface area contributed by atoms with Gasteiger partial charge in [-0.25, -0.2) is 4.79 Å². The molecule has 0 bridgehead atoms. The summed E-state index contributed by atoms with van der Waals surface area (Å²) in [6.45, 7) is 0. The molecule has 92 valence electrons. The molecular weight excluding hydrogens is 254 g/mol. The quantitative estimate of drug-likeness (QED) is 0.658. The van der Waals surface area contributed by atoms with Crippen molar-refractivity contribution in [2.75, 3.05) is 10.6 Å². The Morgan fingerprint density at radius 3 is 2.61 bits per heavy atom. The number of hydrogen-bond acceptors (Lipinski definition) is 4. The van der Waals surface area contributed by atoms with Gasteiger partial charge in [-0.1, -0.05) is 12.1 Å². The highest BCUT2D eigenvalue weighted by Gasteiger charge is 2.14. The van der Waals surface area contributed by atoms with Crippen LogP contribution >= 0.6 is 11.3 Å². The standard InChI is InChI=1S/C11H9N3O3S/c15-11(13-10-6-3-7-18-10)12-8-4-1-2-5-9(8)14(16)17/h1-7H,(H2,12,13,15). The fraction of sp³-hybridized carbons (Fsp3) is 0. The summed E-state index contributed by atoms with van der Waals surface area (Å²) in [5, 5.41) is 18.3. The van der Waals surface area contributed by atoms with Crippen LogP contribution in [0.4, 0.5) is 21.2 Å². The number of carbonyl (C=O) groups excluding carboxylic acids is 1. The van der Waals surface area contributed by atoms with E-state index in [2.05, 4.69) is 10.6 Å². The second-order valence-corrected chi connectivity index (χ2v) is 4.28. The molecule has 18 heavy (non-hydrogen) atoms. The number of nitro groups is 1. The zero-order valence-electron chi connectivity index (χ0n) is 9.12. The van der Waals surface area contributed by atoms with Gasteiger partial charge in [0.2, 0.25) is 0 Å². The lowest BCUT2D eigenvalue weighted by atomic mass is 10.3. The minimum atomic E-state index is -0.541. The lowest BCUT2D eigenvalue weighted by molar-refractivity contribution is -0.383. The predicted molar refractivity (Wildman–Crippen MR) is 70.1 cm³/mol. The third-order valence-corrected chi connectivity index (χ3v) is 2.89. The van der Waals surface area contributed by atoms with Crippen LogP contribution in [-0.4, -0.2) is 11.0 Å². The van der Waals surface area contributed by atoms with Crippen molar-refractivity contribution in [3.63, 3.8) is 0 Å². The first-order valence-electron chi connectivity index (χ1n) is 5.02. The van der Waals surface area contributed by atoms with Gasteiger partial charge in [-0.05, 0) is 23.6 Å². The lowest BCUT2D eigenvalue weighted by Crippen LogP contribution is -2.19. The number of hydrogen-bond donors (Lipinski definition) is 2. The van der Waals surface area contributed by atoms with Gasteiger partial charge in [-0.2, -0.15) is 0 Å². The summed E-state index contributed by atoms with van der Waals surface area (Å²) >= 11 is 1.37. The number of anilines is 2. The maximum absolute atomic E-state index is 11.6. The molecule has 0 fully saturated rings. The summed E-state index contributed by atoms with van der Waals surface area (Å²) in [7, 11) is 0. The second-order valence-electron chi connectivity index (χ2n) is 3.33. The third kappa shape index (κ3) is 2.83. The maximum atomic E-state index is 11.6. The smallest absolute Gasteiger partial charge is 0.302 e. The zero-order valence-corrected chi connectivity index (χ0v) is 9.94. The monoisotopic (exact) mass is 263 g/mol. The average molecular weight is 263 g/mol. The van der Waals surface area contributed by atoms with E-state index in [1.54, 1.807) is 24.3 Å². The van der Waals surface area contributed by atoms with Gasteiger partial charge in [-0.15, -0.1) is 11.3 Å². The minimum absolute atomic E-state index is 0.140. The van der Waals surface area contributed by atoms with Gasteiger partial charge in [-0.3, -0.25) is 15.4 Å². The van der Waals surface area contributed by atoms with Crippen LogP contribution in [-0.2, 0) is 0 Å². The minimum Gasteiger partial charge on any atom is -0.302 e. The van der Waals surface area contributed by atoms with E-state index in [1.165, 1.54) is 23.5 Å². The number of para-hydroxylation sites is 2. The number of carbonyl (C=O) groups is 1. The number of nitrogens with one attached hydrogen (secondary N) is 2. The predicted octanol–water partition coefficient (Wildman–Crippen LogP) is 3.30. The number of rotatable bonds is 3. The first kappa shape index (κ1) is 12.1. The van der Waals surface area contributed by atoms with Gasteiger partial charge in [0.15, 0.2) is 0 Å². The van der Waals surface area contributed by atoms with Gasteiger partial charge in [0.05, 0.1) is 9.92 Å². The van der Waals surface area contributed by atoms with Crippen molar-refractivity contribution in [1.29, 1.82) is 0 Å². The van der Waals surface area contributed by atoms with Gasteiger partial charge in [0, 0.05) is 6.07 Å². The molecule has 1 heterocycles. The van der Waals surface area contributed by atoms with E-state index in [4.69, 9.17) is 0 Å². The Balaban J connectivity index is 2.09. The van der Waals surface area contributed by atoms with Gasteiger partial charge in [0.1, 0.15) is 5.69 Å². The highest BCUT2D eigenvalue weighted by atomic mass is 32.1. The Hall–Kier alpha value is -2.41. The van der Waals surface area contributed by atoms with E-state index in [1.807, 2.05) is 5.38 Å². The Kier molecular flexibility index (Phi) is 3.54. The van der Waals surface area contributed by atoms with Gasteiger partial charge in [0.25, 0.3) is 5.69 Å². The number of nitrogens with zero attached hydrogens (tertiary/aromatic N) is 1. The highest BCUT2D eigenvalue weighted by Crippen LogP contribution is 2.23. The Labute approximate surface area is 106 Å². The molecule has 0 aliphatic rings. The van der Waals surface area contributed by atoms with E-state index in [0.29, 0.717) is 5.00 Å². The second kappa shape index (κ2) is 5.28. The first-order valence-corrected chi connectivity index (χ1v) is 5.90. The van der Waals surface area contributed by atoms with Crippen LogP contribution in [0.15, 0.2) is 41.8 Å². The molecule has 1 aromatic carbocycles. The average Bonchev–Trinajstić information content (AvgIpc) is 2.82. The molecule has 1 aromatic heterocycles. The molecule has 6 nitrogen and oxygen atoms in total. The molecule has 0 aliphatic heterocycles. The molecule has 0 spiro atoms. The summed E-state index contributed by atoms with van der Waals surface area (Å²) in [5.74, 6) is 0. The van der Waals surface area contributed by atoms with Crippen molar-refractivity contribution in [3.8, 4) is 0 Å². The number of thiophene rings is 1. The molecule has 2 amide bonds. The number of nitro benzene ring substituents is 1. The van der Waals surface area contributed by atoms with Gasteiger partial charge >= 0.3 is 6.03 Å². The molecule has 7 heteroatoms. The lowest BCUT2D eigenvalue weighted by Gasteiger charge is -2.06. The third-order valence-electron chi connectivity index (χ3n) is 2.11. The van der Waals surface area contributed by atoms with Gasteiger partial charge < -0.3 is 5.32 Å². The van der Waals surface area contributed by atoms with Crippen molar-refractivity contribution in [2.24, 2.45) is 0 Å². The van der Waals surface area contributed by atoms with Crippen molar-refractivity contribution in [2.45, 2.75) is 0 Å². The Morgan fingerprint density at radius 1 is 1.17 bits per heavy atom. The van der Waals surface area contributed by atoms with Crippen LogP contribution in [0.3, 0.4) is 0 Å². The normalized spacial score (nSPS) is 9.78. The van der Waals surface area contributed by atoms with E-state index < -0.39 is 11.0 Å². The van der Waals surface area contributed by atoms with Crippen LogP contribution in [0, 0.1) is 10.1 Å². The number of amides is 2. The summed E-state index contributed by atoms with van der Waals surface area (Å²) in [6.07, 6.45) is 0. The fourth-order valence-corrected chi connectivity index (χ4v) is 1.97. The largest absolute Gasteiger partial charge is 0.324 e. The SMILES string of the molecule is O=C(Nc1cccs1)Nc1ccccc1[N+](=O)[O-]. The molecule has 0 unspecified atom stereocenters. The molecule has 0 radical (unpaired) electrons. The van der Waals surface area contributed by atoms with Crippen molar-refractivity contribution in [1.82, 2.24) is 0 Å². The van der Waals surface area contributed by atoms with Crippen LogP contribution in [0.5, 0.6) is 0 Å². The molecular formula is C11H9N3O3S. The van der Waals surface area contributed by atoms with E-state index in [-0.39, 0.29) is 11.4 Å². The van der Waals surface area contributed by atoms with E-state index in [9.17, 15) is 14.9 Å².